The second-order valence-electron chi connectivity index (χ2n) is 3.22. The lowest BCUT2D eigenvalue weighted by molar-refractivity contribution is 0.0698. The molecular weight excluding hydrogens is 206 g/mol. The van der Waals surface area contributed by atoms with Gasteiger partial charge in [0.1, 0.15) is 5.75 Å². The van der Waals surface area contributed by atoms with Crippen molar-refractivity contribution in [2.45, 2.75) is 6.42 Å². The minimum absolute atomic E-state index is 0.241. The van der Waals surface area contributed by atoms with Gasteiger partial charge in [0, 0.05) is 12.6 Å². The Labute approximate surface area is 94.6 Å². The van der Waals surface area contributed by atoms with Gasteiger partial charge in [0.05, 0.1) is 18.4 Å². The third-order valence-electron chi connectivity index (χ3n) is 2.12. The van der Waals surface area contributed by atoms with E-state index >= 15 is 0 Å². The average Bonchev–Trinajstić information content (AvgIpc) is 2.29. The average molecular weight is 221 g/mol. The number of aromatic carboxylic acids is 1. The minimum atomic E-state index is -0.955. The van der Waals surface area contributed by atoms with Crippen molar-refractivity contribution in [3.05, 3.63) is 36.4 Å². The van der Waals surface area contributed by atoms with E-state index in [4.69, 9.17) is 9.84 Å². The Hall–Kier alpha value is -1.97. The van der Waals surface area contributed by atoms with E-state index in [2.05, 4.69) is 11.9 Å². The Kier molecular flexibility index (Phi) is 4.39. The molecule has 0 amide bonds. The van der Waals surface area contributed by atoms with Crippen molar-refractivity contribution in [1.29, 1.82) is 0 Å². The molecule has 86 valence electrons. The highest BCUT2D eigenvalue weighted by atomic mass is 16.5. The highest BCUT2D eigenvalue weighted by Gasteiger charge is 2.10. The van der Waals surface area contributed by atoms with E-state index in [0.29, 0.717) is 18.0 Å². The summed E-state index contributed by atoms with van der Waals surface area (Å²) >= 11 is 0. The van der Waals surface area contributed by atoms with E-state index in [-0.39, 0.29) is 5.56 Å². The van der Waals surface area contributed by atoms with Gasteiger partial charge in [0.2, 0.25) is 0 Å². The quantitative estimate of drug-likeness (QED) is 0.572. The summed E-state index contributed by atoms with van der Waals surface area (Å²) in [6, 6.07) is 4.83. The zero-order valence-electron chi connectivity index (χ0n) is 9.19. The van der Waals surface area contributed by atoms with Crippen LogP contribution in [0.5, 0.6) is 5.75 Å². The SMILES string of the molecule is C=CCCNc1cc(OC)ccc1C(=O)O. The number of ether oxygens (including phenoxy) is 1. The summed E-state index contributed by atoms with van der Waals surface area (Å²) in [6.07, 6.45) is 2.55. The molecule has 0 aromatic heterocycles. The van der Waals surface area contributed by atoms with Crippen molar-refractivity contribution >= 4 is 11.7 Å². The molecule has 0 radical (unpaired) electrons. The summed E-state index contributed by atoms with van der Waals surface area (Å²) in [5, 5.41) is 12.0. The van der Waals surface area contributed by atoms with Crippen LogP contribution in [0.2, 0.25) is 0 Å². The highest BCUT2D eigenvalue weighted by Crippen LogP contribution is 2.22. The van der Waals surface area contributed by atoms with Gasteiger partial charge in [0.25, 0.3) is 0 Å². The Morgan fingerprint density at radius 3 is 2.94 bits per heavy atom. The van der Waals surface area contributed by atoms with Crippen LogP contribution in [-0.2, 0) is 0 Å². The van der Waals surface area contributed by atoms with Gasteiger partial charge in [-0.15, -0.1) is 6.58 Å². The molecule has 0 fully saturated rings. The predicted molar refractivity (Wildman–Crippen MR) is 63.3 cm³/mol. The molecule has 0 unspecified atom stereocenters. The van der Waals surface area contributed by atoms with Crippen molar-refractivity contribution < 1.29 is 14.6 Å². The maximum Gasteiger partial charge on any atom is 0.337 e. The fourth-order valence-corrected chi connectivity index (χ4v) is 1.29. The topological polar surface area (TPSA) is 58.6 Å². The first-order valence-corrected chi connectivity index (χ1v) is 4.95. The number of methoxy groups -OCH3 is 1. The maximum absolute atomic E-state index is 11.0. The molecule has 0 bridgehead atoms. The molecular formula is C12H15NO3. The van der Waals surface area contributed by atoms with Crippen molar-refractivity contribution in [2.75, 3.05) is 19.0 Å². The number of carboxylic acid groups (broad SMARTS) is 1. The fraction of sp³-hybridized carbons (Fsp3) is 0.250. The molecule has 0 aliphatic heterocycles. The van der Waals surface area contributed by atoms with Gasteiger partial charge in [-0.1, -0.05) is 6.08 Å². The van der Waals surface area contributed by atoms with Gasteiger partial charge in [-0.25, -0.2) is 4.79 Å². The van der Waals surface area contributed by atoms with Gasteiger partial charge in [-0.05, 0) is 18.6 Å². The first-order chi connectivity index (χ1) is 7.69. The Bertz CT molecular complexity index is 388. The van der Waals surface area contributed by atoms with E-state index in [0.717, 1.165) is 6.42 Å². The molecule has 0 heterocycles. The maximum atomic E-state index is 11.0. The van der Waals surface area contributed by atoms with E-state index in [1.807, 2.05) is 0 Å². The summed E-state index contributed by atoms with van der Waals surface area (Å²) in [5.74, 6) is -0.324. The molecule has 0 saturated carbocycles. The number of nitrogens with one attached hydrogen (secondary N) is 1. The molecule has 16 heavy (non-hydrogen) atoms. The van der Waals surface area contributed by atoms with Crippen molar-refractivity contribution in [3.63, 3.8) is 0 Å². The molecule has 0 atom stereocenters. The smallest absolute Gasteiger partial charge is 0.337 e. The van der Waals surface area contributed by atoms with Crippen molar-refractivity contribution in [2.24, 2.45) is 0 Å². The van der Waals surface area contributed by atoms with Crippen LogP contribution < -0.4 is 10.1 Å². The molecule has 4 nitrogen and oxygen atoms in total. The Morgan fingerprint density at radius 2 is 2.38 bits per heavy atom. The highest BCUT2D eigenvalue weighted by molar-refractivity contribution is 5.94. The number of carbonyl (C=O) groups is 1. The zero-order chi connectivity index (χ0) is 12.0. The lowest BCUT2D eigenvalue weighted by atomic mass is 10.1. The lowest BCUT2D eigenvalue weighted by Crippen LogP contribution is -2.07. The lowest BCUT2D eigenvalue weighted by Gasteiger charge is -2.10. The summed E-state index contributed by atoms with van der Waals surface area (Å²) in [6.45, 7) is 4.25. The molecule has 0 aliphatic rings. The summed E-state index contributed by atoms with van der Waals surface area (Å²) < 4.78 is 5.04. The van der Waals surface area contributed by atoms with Gasteiger partial charge in [-0.3, -0.25) is 0 Å². The van der Waals surface area contributed by atoms with Gasteiger partial charge in [0.15, 0.2) is 0 Å². The summed E-state index contributed by atoms with van der Waals surface area (Å²) in [7, 11) is 1.54. The molecule has 1 aromatic rings. The van der Waals surface area contributed by atoms with Crippen LogP contribution in [0.15, 0.2) is 30.9 Å². The molecule has 0 aliphatic carbocycles. The van der Waals surface area contributed by atoms with Crippen molar-refractivity contribution in [1.82, 2.24) is 0 Å². The number of hydrogen-bond acceptors (Lipinski definition) is 3. The summed E-state index contributed by atoms with van der Waals surface area (Å²) in [5.41, 5.74) is 0.804. The Balaban J connectivity index is 2.91. The van der Waals surface area contributed by atoms with Crippen LogP contribution in [0.1, 0.15) is 16.8 Å². The molecule has 1 rings (SSSR count). The van der Waals surface area contributed by atoms with Crippen LogP contribution in [0, 0.1) is 0 Å². The summed E-state index contributed by atoms with van der Waals surface area (Å²) in [4.78, 5) is 11.0. The van der Waals surface area contributed by atoms with E-state index in [9.17, 15) is 4.79 Å². The van der Waals surface area contributed by atoms with Gasteiger partial charge in [-0.2, -0.15) is 0 Å². The number of anilines is 1. The number of rotatable bonds is 6. The second-order valence-corrected chi connectivity index (χ2v) is 3.22. The van der Waals surface area contributed by atoms with Crippen LogP contribution >= 0.6 is 0 Å². The molecule has 1 aromatic carbocycles. The van der Waals surface area contributed by atoms with Crippen molar-refractivity contribution in [3.8, 4) is 5.75 Å². The number of carboxylic acids is 1. The number of benzene rings is 1. The van der Waals surface area contributed by atoms with Crippen LogP contribution in [0.3, 0.4) is 0 Å². The van der Waals surface area contributed by atoms with Gasteiger partial charge < -0.3 is 15.2 Å². The normalized spacial score (nSPS) is 9.56. The van der Waals surface area contributed by atoms with E-state index < -0.39 is 5.97 Å². The first-order valence-electron chi connectivity index (χ1n) is 4.95. The monoisotopic (exact) mass is 221 g/mol. The second kappa shape index (κ2) is 5.80. The first kappa shape index (κ1) is 12.1. The van der Waals surface area contributed by atoms with E-state index in [1.54, 1.807) is 25.3 Å². The van der Waals surface area contributed by atoms with Crippen LogP contribution in [0.25, 0.3) is 0 Å². The minimum Gasteiger partial charge on any atom is -0.497 e. The molecule has 0 saturated heterocycles. The third-order valence-corrected chi connectivity index (χ3v) is 2.12. The van der Waals surface area contributed by atoms with E-state index in [1.165, 1.54) is 6.07 Å². The predicted octanol–water partition coefficient (Wildman–Crippen LogP) is 2.38. The van der Waals surface area contributed by atoms with Crippen LogP contribution in [0.4, 0.5) is 5.69 Å². The van der Waals surface area contributed by atoms with Gasteiger partial charge >= 0.3 is 5.97 Å². The largest absolute Gasteiger partial charge is 0.497 e. The standard InChI is InChI=1S/C12H15NO3/c1-3-4-7-13-11-8-9(16-2)5-6-10(11)12(14)15/h3,5-6,8,13H,1,4,7H2,2H3,(H,14,15). The molecule has 0 spiro atoms. The number of hydrogen-bond donors (Lipinski definition) is 2. The third kappa shape index (κ3) is 3.02. The van der Waals surface area contributed by atoms with Crippen LogP contribution in [-0.4, -0.2) is 24.7 Å². The Morgan fingerprint density at radius 1 is 1.62 bits per heavy atom. The zero-order valence-corrected chi connectivity index (χ0v) is 9.19. The fourth-order valence-electron chi connectivity index (χ4n) is 1.29. The molecule has 4 heteroatoms. The molecule has 2 N–H and O–H groups in total.